The van der Waals surface area contributed by atoms with Gasteiger partial charge in [-0.1, -0.05) is 28.1 Å². The first-order valence-corrected chi connectivity index (χ1v) is 7.93. The Kier molecular flexibility index (Phi) is 5.41. The summed E-state index contributed by atoms with van der Waals surface area (Å²) in [4.78, 5) is 14.1. The van der Waals surface area contributed by atoms with Crippen molar-refractivity contribution in [3.8, 4) is 11.8 Å². The standard InChI is InChI=1S/C18H17BrN2O2/c1-12-10-15(8-9-16(12)19)21(3)18(22)13(2)23-17-7-5-4-6-14(17)11-20/h4-10,13H,1-3H3. The van der Waals surface area contributed by atoms with Gasteiger partial charge in [-0.2, -0.15) is 5.26 Å². The van der Waals surface area contributed by atoms with Gasteiger partial charge < -0.3 is 9.64 Å². The van der Waals surface area contributed by atoms with Crippen LogP contribution in [0.15, 0.2) is 46.9 Å². The van der Waals surface area contributed by atoms with Crippen molar-refractivity contribution >= 4 is 27.5 Å². The van der Waals surface area contributed by atoms with Gasteiger partial charge in [0.15, 0.2) is 6.10 Å². The largest absolute Gasteiger partial charge is 0.479 e. The molecule has 2 aromatic carbocycles. The molecule has 118 valence electrons. The van der Waals surface area contributed by atoms with Crippen molar-refractivity contribution in [2.24, 2.45) is 0 Å². The third-order valence-electron chi connectivity index (χ3n) is 3.52. The maximum atomic E-state index is 12.5. The van der Waals surface area contributed by atoms with Crippen LogP contribution >= 0.6 is 15.9 Å². The first kappa shape index (κ1) is 17.0. The zero-order valence-electron chi connectivity index (χ0n) is 13.2. The second kappa shape index (κ2) is 7.30. The van der Waals surface area contributed by atoms with Crippen LogP contribution in [0.5, 0.6) is 5.75 Å². The highest BCUT2D eigenvalue weighted by atomic mass is 79.9. The van der Waals surface area contributed by atoms with Crippen LogP contribution in [0.3, 0.4) is 0 Å². The molecule has 1 amide bonds. The van der Waals surface area contributed by atoms with E-state index in [1.165, 1.54) is 0 Å². The Morgan fingerprint density at radius 2 is 2.00 bits per heavy atom. The van der Waals surface area contributed by atoms with E-state index in [1.807, 2.05) is 25.1 Å². The minimum absolute atomic E-state index is 0.181. The molecule has 1 atom stereocenters. The number of hydrogen-bond acceptors (Lipinski definition) is 3. The molecule has 2 rings (SSSR count). The molecule has 0 aromatic heterocycles. The number of amides is 1. The fourth-order valence-electron chi connectivity index (χ4n) is 2.14. The molecule has 0 aliphatic heterocycles. The third kappa shape index (κ3) is 3.91. The van der Waals surface area contributed by atoms with Crippen LogP contribution in [0, 0.1) is 18.3 Å². The number of carbonyl (C=O) groups is 1. The van der Waals surface area contributed by atoms with Crippen LogP contribution in [-0.4, -0.2) is 19.1 Å². The van der Waals surface area contributed by atoms with E-state index >= 15 is 0 Å². The van der Waals surface area contributed by atoms with Crippen molar-refractivity contribution in [1.82, 2.24) is 0 Å². The zero-order chi connectivity index (χ0) is 17.0. The molecule has 4 nitrogen and oxygen atoms in total. The highest BCUT2D eigenvalue weighted by Crippen LogP contribution is 2.24. The van der Waals surface area contributed by atoms with Crippen LogP contribution in [0.1, 0.15) is 18.1 Å². The quantitative estimate of drug-likeness (QED) is 0.812. The molecule has 0 spiro atoms. The molecular weight excluding hydrogens is 356 g/mol. The predicted octanol–water partition coefficient (Wildman–Crippen LogP) is 4.06. The van der Waals surface area contributed by atoms with Gasteiger partial charge in [0.1, 0.15) is 11.8 Å². The molecule has 2 aromatic rings. The lowest BCUT2D eigenvalue weighted by molar-refractivity contribution is -0.124. The van der Waals surface area contributed by atoms with Crippen molar-refractivity contribution in [1.29, 1.82) is 5.26 Å². The predicted molar refractivity (Wildman–Crippen MR) is 93.5 cm³/mol. The van der Waals surface area contributed by atoms with Crippen molar-refractivity contribution in [3.05, 3.63) is 58.1 Å². The molecule has 0 aliphatic rings. The highest BCUT2D eigenvalue weighted by Gasteiger charge is 2.21. The molecule has 23 heavy (non-hydrogen) atoms. The molecule has 0 heterocycles. The van der Waals surface area contributed by atoms with Gasteiger partial charge in [0.2, 0.25) is 0 Å². The number of halogens is 1. The van der Waals surface area contributed by atoms with E-state index < -0.39 is 6.10 Å². The van der Waals surface area contributed by atoms with E-state index in [-0.39, 0.29) is 5.91 Å². The van der Waals surface area contributed by atoms with Crippen LogP contribution in [0.2, 0.25) is 0 Å². The number of para-hydroxylation sites is 1. The number of ether oxygens (including phenoxy) is 1. The molecule has 5 heteroatoms. The normalized spacial score (nSPS) is 11.4. The third-order valence-corrected chi connectivity index (χ3v) is 4.41. The summed E-state index contributed by atoms with van der Waals surface area (Å²) in [5.41, 5.74) is 2.25. The second-order valence-electron chi connectivity index (χ2n) is 5.20. The first-order chi connectivity index (χ1) is 10.9. The average Bonchev–Trinajstić information content (AvgIpc) is 2.56. The highest BCUT2D eigenvalue weighted by molar-refractivity contribution is 9.10. The lowest BCUT2D eigenvalue weighted by Crippen LogP contribution is -2.38. The van der Waals surface area contributed by atoms with Gasteiger partial charge in [0, 0.05) is 17.2 Å². The Morgan fingerprint density at radius 3 is 2.65 bits per heavy atom. The molecule has 0 saturated carbocycles. The topological polar surface area (TPSA) is 53.3 Å². The van der Waals surface area contributed by atoms with Gasteiger partial charge in [-0.3, -0.25) is 4.79 Å². The van der Waals surface area contributed by atoms with Crippen molar-refractivity contribution < 1.29 is 9.53 Å². The Bertz CT molecular complexity index is 768. The zero-order valence-corrected chi connectivity index (χ0v) is 14.8. The summed E-state index contributed by atoms with van der Waals surface area (Å²) in [6.45, 7) is 3.65. The van der Waals surface area contributed by atoms with Crippen LogP contribution in [0.25, 0.3) is 0 Å². The number of hydrogen-bond donors (Lipinski definition) is 0. The number of carbonyl (C=O) groups excluding carboxylic acids is 1. The number of benzene rings is 2. The number of aryl methyl sites for hydroxylation is 1. The van der Waals surface area contributed by atoms with Gasteiger partial charge in [0.25, 0.3) is 5.91 Å². The lowest BCUT2D eigenvalue weighted by Gasteiger charge is -2.23. The van der Waals surface area contributed by atoms with Gasteiger partial charge in [-0.15, -0.1) is 0 Å². The molecule has 0 aliphatic carbocycles. The average molecular weight is 373 g/mol. The van der Waals surface area contributed by atoms with Gasteiger partial charge >= 0.3 is 0 Å². The number of rotatable bonds is 4. The summed E-state index contributed by atoms with van der Waals surface area (Å²) in [6.07, 6.45) is -0.696. The summed E-state index contributed by atoms with van der Waals surface area (Å²) in [7, 11) is 1.71. The van der Waals surface area contributed by atoms with Crippen molar-refractivity contribution in [2.45, 2.75) is 20.0 Å². The number of likely N-dealkylation sites (N-methyl/N-ethyl adjacent to an activating group) is 1. The van der Waals surface area contributed by atoms with E-state index in [2.05, 4.69) is 22.0 Å². The lowest BCUT2D eigenvalue weighted by atomic mass is 10.2. The fraction of sp³-hybridized carbons (Fsp3) is 0.222. The number of nitrogens with zero attached hydrogens (tertiary/aromatic N) is 2. The van der Waals surface area contributed by atoms with Gasteiger partial charge in [-0.25, -0.2) is 0 Å². The van der Waals surface area contributed by atoms with Gasteiger partial charge in [0.05, 0.1) is 5.56 Å². The minimum Gasteiger partial charge on any atom is -0.479 e. The van der Waals surface area contributed by atoms with Crippen molar-refractivity contribution in [2.75, 3.05) is 11.9 Å². The Labute approximate surface area is 144 Å². The molecular formula is C18H17BrN2O2. The molecule has 1 unspecified atom stereocenters. The molecule has 0 N–H and O–H groups in total. The number of anilines is 1. The van der Waals surface area contributed by atoms with Crippen LogP contribution in [0.4, 0.5) is 5.69 Å². The van der Waals surface area contributed by atoms with E-state index in [1.54, 1.807) is 43.1 Å². The summed E-state index contributed by atoms with van der Waals surface area (Å²) < 4.78 is 6.67. The van der Waals surface area contributed by atoms with Crippen LogP contribution < -0.4 is 9.64 Å². The Balaban J connectivity index is 2.15. The molecule has 0 radical (unpaired) electrons. The Morgan fingerprint density at radius 1 is 1.30 bits per heavy atom. The second-order valence-corrected chi connectivity index (χ2v) is 6.05. The molecule has 0 fully saturated rings. The Hall–Kier alpha value is -2.32. The van der Waals surface area contributed by atoms with Crippen molar-refractivity contribution in [3.63, 3.8) is 0 Å². The summed E-state index contributed by atoms with van der Waals surface area (Å²) in [5, 5.41) is 9.08. The SMILES string of the molecule is Cc1cc(N(C)C(=O)C(C)Oc2ccccc2C#N)ccc1Br. The smallest absolute Gasteiger partial charge is 0.267 e. The van der Waals surface area contributed by atoms with E-state index in [4.69, 9.17) is 10.00 Å². The maximum Gasteiger partial charge on any atom is 0.267 e. The van der Waals surface area contributed by atoms with E-state index in [0.29, 0.717) is 11.3 Å². The van der Waals surface area contributed by atoms with E-state index in [9.17, 15) is 4.79 Å². The van der Waals surface area contributed by atoms with Crippen LogP contribution in [-0.2, 0) is 4.79 Å². The molecule has 0 bridgehead atoms. The monoisotopic (exact) mass is 372 g/mol. The van der Waals surface area contributed by atoms with Gasteiger partial charge in [-0.05, 0) is 49.7 Å². The summed E-state index contributed by atoms with van der Waals surface area (Å²) in [6, 6.07) is 14.6. The maximum absolute atomic E-state index is 12.5. The van der Waals surface area contributed by atoms with E-state index in [0.717, 1.165) is 15.7 Å². The fourth-order valence-corrected chi connectivity index (χ4v) is 2.39. The first-order valence-electron chi connectivity index (χ1n) is 7.13. The molecule has 0 saturated heterocycles. The minimum atomic E-state index is -0.696. The number of nitriles is 1. The summed E-state index contributed by atoms with van der Waals surface area (Å²) in [5.74, 6) is 0.232. The summed E-state index contributed by atoms with van der Waals surface area (Å²) >= 11 is 3.45.